The van der Waals surface area contributed by atoms with Crippen LogP contribution in [0.1, 0.15) is 20.3 Å². The standard InChI is InChI=1S/C9H21NO/c1-5-9(7-10(3)4)8-11-6-2/h9H,5-8H2,1-4H3. The van der Waals surface area contributed by atoms with Gasteiger partial charge >= 0.3 is 0 Å². The van der Waals surface area contributed by atoms with Crippen molar-refractivity contribution in [3.8, 4) is 0 Å². The van der Waals surface area contributed by atoms with Gasteiger partial charge in [-0.05, 0) is 33.4 Å². The molecule has 0 aromatic heterocycles. The summed E-state index contributed by atoms with van der Waals surface area (Å²) in [7, 11) is 4.21. The lowest BCUT2D eigenvalue weighted by Gasteiger charge is -2.18. The Kier molecular flexibility index (Phi) is 6.57. The Morgan fingerprint density at radius 1 is 1.27 bits per heavy atom. The molecule has 0 aliphatic rings. The van der Waals surface area contributed by atoms with Gasteiger partial charge < -0.3 is 9.64 Å². The zero-order valence-corrected chi connectivity index (χ0v) is 8.26. The van der Waals surface area contributed by atoms with Crippen LogP contribution in [0.25, 0.3) is 0 Å². The van der Waals surface area contributed by atoms with E-state index in [2.05, 4.69) is 25.9 Å². The molecule has 0 radical (unpaired) electrons. The van der Waals surface area contributed by atoms with Gasteiger partial charge in [-0.1, -0.05) is 6.92 Å². The lowest BCUT2D eigenvalue weighted by Crippen LogP contribution is -2.24. The average Bonchev–Trinajstić information content (AvgIpc) is 1.97. The van der Waals surface area contributed by atoms with E-state index in [0.717, 1.165) is 19.8 Å². The molecule has 0 aliphatic carbocycles. The molecule has 0 aromatic rings. The molecule has 11 heavy (non-hydrogen) atoms. The van der Waals surface area contributed by atoms with Gasteiger partial charge in [-0.15, -0.1) is 0 Å². The first-order chi connectivity index (χ1) is 5.20. The SMILES string of the molecule is CCOCC(CC)CN(C)C. The number of ether oxygens (including phenoxy) is 1. The van der Waals surface area contributed by atoms with Crippen LogP contribution >= 0.6 is 0 Å². The fourth-order valence-electron chi connectivity index (χ4n) is 1.10. The second-order valence-corrected chi connectivity index (χ2v) is 3.20. The molecule has 0 spiro atoms. The predicted molar refractivity (Wildman–Crippen MR) is 48.8 cm³/mol. The Bertz CT molecular complexity index is 83.6. The van der Waals surface area contributed by atoms with Crippen molar-refractivity contribution in [1.82, 2.24) is 4.90 Å². The van der Waals surface area contributed by atoms with Gasteiger partial charge in [-0.2, -0.15) is 0 Å². The van der Waals surface area contributed by atoms with Crippen LogP contribution in [0.15, 0.2) is 0 Å². The predicted octanol–water partition coefficient (Wildman–Crippen LogP) is 1.61. The van der Waals surface area contributed by atoms with Crippen molar-refractivity contribution in [3.05, 3.63) is 0 Å². The normalized spacial score (nSPS) is 13.9. The Hall–Kier alpha value is -0.0800. The van der Waals surface area contributed by atoms with Crippen LogP contribution in [0.4, 0.5) is 0 Å². The van der Waals surface area contributed by atoms with Gasteiger partial charge in [0.2, 0.25) is 0 Å². The molecule has 0 heterocycles. The van der Waals surface area contributed by atoms with Gasteiger partial charge in [-0.3, -0.25) is 0 Å². The first-order valence-corrected chi connectivity index (χ1v) is 4.43. The Labute approximate surface area is 70.5 Å². The molecule has 0 amide bonds. The summed E-state index contributed by atoms with van der Waals surface area (Å²) >= 11 is 0. The average molecular weight is 159 g/mol. The van der Waals surface area contributed by atoms with Crippen molar-refractivity contribution in [2.45, 2.75) is 20.3 Å². The summed E-state index contributed by atoms with van der Waals surface area (Å²) in [6.07, 6.45) is 1.21. The van der Waals surface area contributed by atoms with Crippen LogP contribution in [0, 0.1) is 5.92 Å². The summed E-state index contributed by atoms with van der Waals surface area (Å²) in [6, 6.07) is 0. The van der Waals surface area contributed by atoms with E-state index in [1.54, 1.807) is 0 Å². The van der Waals surface area contributed by atoms with Crippen molar-refractivity contribution >= 4 is 0 Å². The Morgan fingerprint density at radius 2 is 1.91 bits per heavy atom. The third kappa shape index (κ3) is 6.32. The number of hydrogen-bond acceptors (Lipinski definition) is 2. The summed E-state index contributed by atoms with van der Waals surface area (Å²) in [5.41, 5.74) is 0. The third-order valence-electron chi connectivity index (χ3n) is 1.76. The van der Waals surface area contributed by atoms with E-state index in [0.29, 0.717) is 5.92 Å². The van der Waals surface area contributed by atoms with Crippen LogP contribution in [0.3, 0.4) is 0 Å². The fourth-order valence-corrected chi connectivity index (χ4v) is 1.10. The molecule has 2 heteroatoms. The van der Waals surface area contributed by atoms with Crippen molar-refractivity contribution in [2.24, 2.45) is 5.92 Å². The maximum Gasteiger partial charge on any atom is 0.0506 e. The first-order valence-electron chi connectivity index (χ1n) is 4.43. The van der Waals surface area contributed by atoms with Crippen molar-refractivity contribution in [2.75, 3.05) is 33.9 Å². The third-order valence-corrected chi connectivity index (χ3v) is 1.76. The maximum absolute atomic E-state index is 5.36. The highest BCUT2D eigenvalue weighted by atomic mass is 16.5. The van der Waals surface area contributed by atoms with Crippen LogP contribution in [0.5, 0.6) is 0 Å². The van der Waals surface area contributed by atoms with Gasteiger partial charge in [0.1, 0.15) is 0 Å². The van der Waals surface area contributed by atoms with E-state index in [9.17, 15) is 0 Å². The number of hydrogen-bond donors (Lipinski definition) is 0. The van der Waals surface area contributed by atoms with E-state index >= 15 is 0 Å². The summed E-state index contributed by atoms with van der Waals surface area (Å²) in [6.45, 7) is 7.14. The molecule has 0 bridgehead atoms. The fraction of sp³-hybridized carbons (Fsp3) is 1.00. The second-order valence-electron chi connectivity index (χ2n) is 3.20. The molecule has 68 valence electrons. The molecule has 2 nitrogen and oxygen atoms in total. The van der Waals surface area contributed by atoms with Gasteiger partial charge in [0, 0.05) is 13.2 Å². The maximum atomic E-state index is 5.36. The molecule has 0 saturated carbocycles. The zero-order chi connectivity index (χ0) is 8.69. The molecule has 0 aromatic carbocycles. The molecule has 1 unspecified atom stereocenters. The van der Waals surface area contributed by atoms with Crippen LogP contribution < -0.4 is 0 Å². The van der Waals surface area contributed by atoms with E-state index in [-0.39, 0.29) is 0 Å². The molecule has 0 saturated heterocycles. The van der Waals surface area contributed by atoms with Crippen LogP contribution in [-0.4, -0.2) is 38.8 Å². The van der Waals surface area contributed by atoms with Crippen molar-refractivity contribution in [1.29, 1.82) is 0 Å². The summed E-state index contributed by atoms with van der Waals surface area (Å²) in [5.74, 6) is 0.699. The summed E-state index contributed by atoms with van der Waals surface area (Å²) in [4.78, 5) is 2.22. The first kappa shape index (κ1) is 10.9. The van der Waals surface area contributed by atoms with Gasteiger partial charge in [-0.25, -0.2) is 0 Å². The van der Waals surface area contributed by atoms with E-state index in [1.165, 1.54) is 6.42 Å². The quantitative estimate of drug-likeness (QED) is 0.584. The Balaban J connectivity index is 3.41. The van der Waals surface area contributed by atoms with Crippen LogP contribution in [-0.2, 0) is 4.74 Å². The van der Waals surface area contributed by atoms with Gasteiger partial charge in [0.05, 0.1) is 6.61 Å². The number of rotatable bonds is 6. The molecular formula is C9H21NO. The lowest BCUT2D eigenvalue weighted by molar-refractivity contribution is 0.0968. The minimum Gasteiger partial charge on any atom is -0.381 e. The van der Waals surface area contributed by atoms with Crippen molar-refractivity contribution in [3.63, 3.8) is 0 Å². The minimum atomic E-state index is 0.699. The van der Waals surface area contributed by atoms with Gasteiger partial charge in [0.25, 0.3) is 0 Å². The van der Waals surface area contributed by atoms with E-state index < -0.39 is 0 Å². The van der Waals surface area contributed by atoms with E-state index in [1.807, 2.05) is 6.92 Å². The minimum absolute atomic E-state index is 0.699. The lowest BCUT2D eigenvalue weighted by atomic mass is 10.1. The topological polar surface area (TPSA) is 12.5 Å². The summed E-state index contributed by atoms with van der Waals surface area (Å²) < 4.78 is 5.36. The molecule has 1 atom stereocenters. The molecular weight excluding hydrogens is 138 g/mol. The molecule has 0 N–H and O–H groups in total. The van der Waals surface area contributed by atoms with E-state index in [4.69, 9.17) is 4.74 Å². The van der Waals surface area contributed by atoms with Gasteiger partial charge in [0.15, 0.2) is 0 Å². The zero-order valence-electron chi connectivity index (χ0n) is 8.26. The summed E-state index contributed by atoms with van der Waals surface area (Å²) in [5, 5.41) is 0. The monoisotopic (exact) mass is 159 g/mol. The largest absolute Gasteiger partial charge is 0.381 e. The second kappa shape index (κ2) is 6.62. The Morgan fingerprint density at radius 3 is 2.27 bits per heavy atom. The van der Waals surface area contributed by atoms with Crippen LogP contribution in [0.2, 0.25) is 0 Å². The molecule has 0 aliphatic heterocycles. The highest BCUT2D eigenvalue weighted by molar-refractivity contribution is 4.58. The van der Waals surface area contributed by atoms with Crippen molar-refractivity contribution < 1.29 is 4.74 Å². The highest BCUT2D eigenvalue weighted by Gasteiger charge is 2.06. The highest BCUT2D eigenvalue weighted by Crippen LogP contribution is 2.03. The number of nitrogens with zero attached hydrogens (tertiary/aromatic N) is 1. The molecule has 0 rings (SSSR count). The molecule has 0 fully saturated rings. The smallest absolute Gasteiger partial charge is 0.0506 e.